The van der Waals surface area contributed by atoms with Gasteiger partial charge in [-0.05, 0) is 165 Å². The maximum Gasteiger partial charge on any atom is 0.313 e. The number of carbonyl (C=O) groups is 4. The van der Waals surface area contributed by atoms with Crippen LogP contribution >= 0.6 is 52.3 Å². The van der Waals surface area contributed by atoms with Gasteiger partial charge < -0.3 is 15.9 Å². The van der Waals surface area contributed by atoms with E-state index in [1.54, 1.807) is 18.7 Å². The summed E-state index contributed by atoms with van der Waals surface area (Å²) in [5.41, 5.74) is 20.7. The van der Waals surface area contributed by atoms with E-state index in [1.807, 2.05) is 72.8 Å². The Bertz CT molecular complexity index is 3280. The highest BCUT2D eigenvalue weighted by atomic mass is 79.9. The molecule has 12 rings (SSSR count). The number of hydrogen-bond acceptors (Lipinski definition) is 12. The second-order valence-corrected chi connectivity index (χ2v) is 28.7. The molecule has 5 N–H and O–H groups in total. The zero-order valence-electron chi connectivity index (χ0n) is 48.4. The summed E-state index contributed by atoms with van der Waals surface area (Å²) in [6.07, 6.45) is 11.8. The lowest BCUT2D eigenvalue weighted by atomic mass is 10.1. The molecule has 11 nitrogen and oxygen atoms in total. The van der Waals surface area contributed by atoms with Gasteiger partial charge in [-0.1, -0.05) is 180 Å². The van der Waals surface area contributed by atoms with Crippen molar-refractivity contribution < 1.29 is 46.7 Å². The number of aryl methyl sites for hydroxylation is 6. The van der Waals surface area contributed by atoms with Crippen molar-refractivity contribution in [3.8, 4) is 0 Å². The van der Waals surface area contributed by atoms with Crippen LogP contribution in [0.5, 0.6) is 0 Å². The monoisotopic (exact) mass is 1360 g/mol. The average molecular weight is 1360 g/mol. The zero-order chi connectivity index (χ0) is 58.8. The van der Waals surface area contributed by atoms with Crippen LogP contribution in [0, 0.1) is 5.41 Å². The Morgan fingerprint density at radius 3 is 1.31 bits per heavy atom. The standard InChI is InChI=1S/C12H14O3S.C12H14O2S.C12H14OS.C11H12O2S.C10H12N2S.C9H10O.3CH4.B.BrH.FH/c1-9(13)8-16(14,15)12-7-6-10-4-2-3-5-11(10)12;1-9(13)8-15(14)12-7-6-10-4-2-3-5-11(10)12;1-9(13)8-14-12-7-6-10-4-2-3-5-11(10)12;12-11(13)7-14-10-6-5-8-3-1-2-4-9(8)10;11-10(12)13-9-6-5-7-3-1-2-4-8(7)9;10-9-6-5-7-3-1-2-4-8(7)9;;;;;;/h2-5,12H,6-8H2,1H3;2-5,12H,6-8H2,1H3;2-5,12H,6-8H2,1H3;1-4,10H,5-7H2,(H,12,13);1-4,9H,5-6H2,(H3,11,12);1-4,9-10H,5-6H2;3*1H4;;2*1H. The summed E-state index contributed by atoms with van der Waals surface area (Å²) in [5, 5.41) is 26.4. The number of halogens is 2. The first kappa shape index (κ1) is 80.9. The number of fused-ring (bicyclic) bond motifs is 6. The number of ketones is 3. The fourth-order valence-corrected chi connectivity index (χ4v) is 17.9. The number of nitrogens with one attached hydrogen (secondary N) is 1. The first-order valence-electron chi connectivity index (χ1n) is 28.1. The van der Waals surface area contributed by atoms with Crippen LogP contribution < -0.4 is 5.73 Å². The maximum atomic E-state index is 12.0. The summed E-state index contributed by atoms with van der Waals surface area (Å²) in [5.74, 6) is -0.0101. The highest BCUT2D eigenvalue weighted by Crippen LogP contribution is 2.43. The number of amidine groups is 1. The van der Waals surface area contributed by atoms with Crippen molar-refractivity contribution >= 4 is 110 Å². The average Bonchev–Trinajstić information content (AvgIpc) is 2.77. The molecule has 7 unspecified atom stereocenters. The number of Topliss-reactive ketones (excluding diaryl/α,β-unsaturated/α-hetero) is 3. The number of aliphatic hydroxyl groups excluding tert-OH is 1. The second kappa shape index (κ2) is 39.9. The van der Waals surface area contributed by atoms with E-state index < -0.39 is 31.9 Å². The summed E-state index contributed by atoms with van der Waals surface area (Å²) < 4.78 is 35.9. The summed E-state index contributed by atoms with van der Waals surface area (Å²) in [6, 6.07) is 49.1. The van der Waals surface area contributed by atoms with E-state index in [4.69, 9.17) is 16.2 Å². The number of aliphatic carboxylic acids is 1. The lowest BCUT2D eigenvalue weighted by molar-refractivity contribution is -0.134. The van der Waals surface area contributed by atoms with E-state index in [-0.39, 0.29) is 104 Å². The number of sulfone groups is 1. The molecule has 477 valence electrons. The van der Waals surface area contributed by atoms with Gasteiger partial charge in [-0.25, -0.2) is 8.42 Å². The van der Waals surface area contributed by atoms with E-state index in [0.717, 1.165) is 74.5 Å². The zero-order valence-corrected chi connectivity index (χ0v) is 54.2. The number of carboxylic acid groups (broad SMARTS) is 1. The third-order valence-electron chi connectivity index (χ3n) is 15.2. The molecule has 0 aliphatic heterocycles. The summed E-state index contributed by atoms with van der Waals surface area (Å²) >= 11 is 4.79. The Kier molecular flexibility index (Phi) is 36.6. The lowest BCUT2D eigenvalue weighted by Crippen LogP contribution is -2.19. The highest BCUT2D eigenvalue weighted by Gasteiger charge is 2.34. The van der Waals surface area contributed by atoms with Crippen LogP contribution in [-0.2, 0) is 78.3 Å². The van der Waals surface area contributed by atoms with Gasteiger partial charge in [0.2, 0.25) is 0 Å². The first-order valence-corrected chi connectivity index (χ1v) is 34.1. The molecule has 0 spiro atoms. The number of carbonyl (C=O) groups excluding carboxylic acids is 3. The number of hydrogen-bond donors (Lipinski definition) is 4. The van der Waals surface area contributed by atoms with E-state index in [1.165, 1.54) is 100 Å². The van der Waals surface area contributed by atoms with Crippen molar-refractivity contribution in [2.45, 2.75) is 152 Å². The van der Waals surface area contributed by atoms with Gasteiger partial charge in [-0.2, -0.15) is 0 Å². The minimum absolute atomic E-state index is 0. The minimum atomic E-state index is -3.32. The minimum Gasteiger partial charge on any atom is -0.481 e. The van der Waals surface area contributed by atoms with Crippen molar-refractivity contribution in [1.82, 2.24) is 0 Å². The van der Waals surface area contributed by atoms with Crippen molar-refractivity contribution in [3.63, 3.8) is 0 Å². The van der Waals surface area contributed by atoms with E-state index in [2.05, 4.69) is 72.8 Å². The van der Waals surface area contributed by atoms with Gasteiger partial charge in [0.1, 0.15) is 23.1 Å². The van der Waals surface area contributed by atoms with Gasteiger partial charge in [0, 0.05) is 35.0 Å². The number of rotatable bonds is 13. The van der Waals surface area contributed by atoms with E-state index in [9.17, 15) is 36.9 Å². The van der Waals surface area contributed by atoms with Gasteiger partial charge in [-0.15, -0.1) is 40.5 Å². The molecule has 0 heterocycles. The largest absolute Gasteiger partial charge is 0.481 e. The Labute approximate surface area is 551 Å². The lowest BCUT2D eigenvalue weighted by Gasteiger charge is -2.11. The molecule has 0 amide bonds. The van der Waals surface area contributed by atoms with Gasteiger partial charge >= 0.3 is 5.97 Å². The van der Waals surface area contributed by atoms with Crippen molar-refractivity contribution in [3.05, 3.63) is 212 Å². The Balaban J connectivity index is 0.000000523. The molecule has 6 aliphatic rings. The Hall–Kier alpha value is -5.15. The molecule has 19 heteroatoms. The smallest absolute Gasteiger partial charge is 0.313 e. The molecule has 7 atom stereocenters. The molecule has 0 bridgehead atoms. The van der Waals surface area contributed by atoms with Crippen LogP contribution in [0.4, 0.5) is 4.70 Å². The Morgan fingerprint density at radius 2 is 0.875 bits per heavy atom. The molecule has 6 aliphatic carbocycles. The predicted octanol–water partition coefficient (Wildman–Crippen LogP) is 15.4. The molecular weight excluding hydrogens is 1270 g/mol. The van der Waals surface area contributed by atoms with Gasteiger partial charge in [0.25, 0.3) is 0 Å². The van der Waals surface area contributed by atoms with Crippen molar-refractivity contribution in [1.29, 1.82) is 5.41 Å². The topological polar surface area (TPSA) is 210 Å². The van der Waals surface area contributed by atoms with E-state index >= 15 is 0 Å². The van der Waals surface area contributed by atoms with Crippen LogP contribution in [0.15, 0.2) is 146 Å². The van der Waals surface area contributed by atoms with Crippen LogP contribution in [0.2, 0.25) is 0 Å². The molecule has 0 saturated carbocycles. The number of thioether (sulfide) groups is 3. The van der Waals surface area contributed by atoms with E-state index in [0.29, 0.717) is 27.9 Å². The summed E-state index contributed by atoms with van der Waals surface area (Å²) in [6.45, 7) is 4.48. The van der Waals surface area contributed by atoms with Gasteiger partial charge in [-0.3, -0.25) is 33.5 Å². The van der Waals surface area contributed by atoms with Crippen LogP contribution in [0.3, 0.4) is 0 Å². The molecule has 6 aromatic rings. The molecular formula is C69H90BBrFN2O9S5. The third-order valence-corrected chi connectivity index (χ3v) is 22.9. The fraction of sp³-hybridized carbons (Fsp3) is 0.406. The molecule has 0 aromatic heterocycles. The second-order valence-electron chi connectivity index (χ2n) is 21.3. The quantitative estimate of drug-likeness (QED) is 0.0482. The number of carboxylic acids is 1. The SMILES string of the molecule is Br.C.C.C.CC(=O)CS(=O)(=O)C1CCc2ccccc21.CC(=O)CS(=O)C1CCc2ccccc21.CC(=O)CSC1CCc2ccccc21.F.N=C(N)SC1CCc2ccccc21.O=C(O)CSC1CCc2ccccc21.OC1CCc2ccccc21.[B]. The van der Waals surface area contributed by atoms with Crippen molar-refractivity contribution in [2.24, 2.45) is 5.73 Å². The maximum absolute atomic E-state index is 12.0. The highest BCUT2D eigenvalue weighted by molar-refractivity contribution is 8.93. The van der Waals surface area contributed by atoms with Gasteiger partial charge in [0.15, 0.2) is 15.0 Å². The summed E-state index contributed by atoms with van der Waals surface area (Å²) in [4.78, 5) is 43.2. The van der Waals surface area contributed by atoms with Crippen molar-refractivity contribution in [2.75, 3.05) is 23.0 Å². The number of nitrogens with two attached hydrogens (primary N) is 1. The predicted molar refractivity (Wildman–Crippen MR) is 377 cm³/mol. The molecule has 6 aromatic carbocycles. The number of benzene rings is 6. The van der Waals surface area contributed by atoms with Gasteiger partial charge in [0.05, 0.1) is 33.9 Å². The first-order chi connectivity index (χ1) is 39.4. The van der Waals surface area contributed by atoms with Crippen LogP contribution in [0.1, 0.15) is 181 Å². The third kappa shape index (κ3) is 23.6. The molecule has 0 fully saturated rings. The number of aliphatic hydroxyl groups is 1. The molecule has 3 radical (unpaired) electrons. The molecule has 0 saturated heterocycles. The summed E-state index contributed by atoms with van der Waals surface area (Å²) in [7, 11) is -4.36. The fourth-order valence-electron chi connectivity index (χ4n) is 11.5. The Morgan fingerprint density at radius 1 is 0.523 bits per heavy atom. The van der Waals surface area contributed by atoms with Crippen LogP contribution in [0.25, 0.3) is 0 Å². The van der Waals surface area contributed by atoms with Crippen LogP contribution in [-0.4, -0.2) is 82.8 Å². The normalized spacial score (nSPS) is 18.8. The molecule has 88 heavy (non-hydrogen) atoms.